The van der Waals surface area contributed by atoms with Crippen LogP contribution in [0.25, 0.3) is 0 Å². The molecule has 0 aliphatic carbocycles. The van der Waals surface area contributed by atoms with Crippen molar-refractivity contribution in [2.75, 3.05) is 13.6 Å². The third kappa shape index (κ3) is 8.39. The second kappa shape index (κ2) is 6.80. The lowest BCUT2D eigenvalue weighted by Crippen LogP contribution is -2.47. The molecule has 1 atom stereocenters. The van der Waals surface area contributed by atoms with Crippen molar-refractivity contribution >= 4 is 5.97 Å². The molecule has 0 amide bonds. The zero-order valence-corrected chi connectivity index (χ0v) is 10.3. The lowest BCUT2D eigenvalue weighted by Gasteiger charge is -2.25. The fourth-order valence-corrected chi connectivity index (χ4v) is 1.43. The summed E-state index contributed by atoms with van der Waals surface area (Å²) in [6.45, 7) is 6.89. The molecule has 4 nitrogen and oxygen atoms in total. The number of unbranched alkanes of at least 4 members (excludes halogenated alkanes) is 1. The Bertz CT molecular complexity index is 188. The van der Waals surface area contributed by atoms with Crippen LogP contribution >= 0.6 is 0 Å². The van der Waals surface area contributed by atoms with Crippen LogP contribution in [0.4, 0.5) is 0 Å². The smallest absolute Gasteiger partial charge is 0.320 e. The Hall–Kier alpha value is -0.610. The van der Waals surface area contributed by atoms with Gasteiger partial charge in [-0.05, 0) is 47.2 Å². The van der Waals surface area contributed by atoms with Crippen LogP contribution in [0.5, 0.6) is 0 Å². The van der Waals surface area contributed by atoms with E-state index in [1.165, 1.54) is 0 Å². The summed E-state index contributed by atoms with van der Waals surface area (Å²) in [5.41, 5.74) is -0.147. The fourth-order valence-electron chi connectivity index (χ4n) is 1.43. The number of rotatable bonds is 7. The minimum Gasteiger partial charge on any atom is -0.480 e. The average molecular weight is 216 g/mol. The highest BCUT2D eigenvalue weighted by Gasteiger charge is 2.22. The molecule has 4 heteroatoms. The maximum Gasteiger partial charge on any atom is 0.320 e. The highest BCUT2D eigenvalue weighted by Crippen LogP contribution is 2.07. The van der Waals surface area contributed by atoms with Crippen LogP contribution < -0.4 is 10.6 Å². The standard InChI is InChI=1S/C11H24N2O2/c1-11(2,3)13-9(10(14)15)7-5-6-8-12-4/h9,12-13H,5-8H2,1-4H3,(H,14,15). The number of carboxylic acid groups (broad SMARTS) is 1. The molecule has 0 aromatic carbocycles. The number of hydrogen-bond acceptors (Lipinski definition) is 3. The predicted molar refractivity (Wildman–Crippen MR) is 62.1 cm³/mol. The molecule has 0 saturated carbocycles. The molecule has 0 aliphatic heterocycles. The Morgan fingerprint density at radius 3 is 2.33 bits per heavy atom. The maximum absolute atomic E-state index is 11.0. The van der Waals surface area contributed by atoms with Crippen LogP contribution in [0.2, 0.25) is 0 Å². The van der Waals surface area contributed by atoms with Crippen molar-refractivity contribution in [1.29, 1.82) is 0 Å². The number of aliphatic carboxylic acids is 1. The van der Waals surface area contributed by atoms with Crippen LogP contribution in [0, 0.1) is 0 Å². The second-order valence-electron chi connectivity index (χ2n) is 4.88. The largest absolute Gasteiger partial charge is 0.480 e. The minimum absolute atomic E-state index is 0.147. The number of hydrogen-bond donors (Lipinski definition) is 3. The molecule has 15 heavy (non-hydrogen) atoms. The van der Waals surface area contributed by atoms with Gasteiger partial charge in [0.25, 0.3) is 0 Å². The van der Waals surface area contributed by atoms with Gasteiger partial charge in [0.05, 0.1) is 0 Å². The highest BCUT2D eigenvalue weighted by atomic mass is 16.4. The normalized spacial score (nSPS) is 13.9. The number of nitrogens with one attached hydrogen (secondary N) is 2. The lowest BCUT2D eigenvalue weighted by molar-refractivity contribution is -0.140. The summed E-state index contributed by atoms with van der Waals surface area (Å²) in [5.74, 6) is -0.755. The first-order chi connectivity index (χ1) is 6.87. The predicted octanol–water partition coefficient (Wildman–Crippen LogP) is 1.22. The number of carbonyl (C=O) groups is 1. The first-order valence-electron chi connectivity index (χ1n) is 5.52. The van der Waals surface area contributed by atoms with Crippen molar-refractivity contribution in [3.8, 4) is 0 Å². The van der Waals surface area contributed by atoms with Gasteiger partial charge in [0.1, 0.15) is 6.04 Å². The average Bonchev–Trinajstić information content (AvgIpc) is 2.08. The monoisotopic (exact) mass is 216 g/mol. The molecule has 0 spiro atoms. The van der Waals surface area contributed by atoms with Gasteiger partial charge in [0, 0.05) is 5.54 Å². The van der Waals surface area contributed by atoms with E-state index in [2.05, 4.69) is 10.6 Å². The zero-order chi connectivity index (χ0) is 11.9. The van der Waals surface area contributed by atoms with E-state index in [-0.39, 0.29) is 5.54 Å². The summed E-state index contributed by atoms with van der Waals surface area (Å²) in [6.07, 6.45) is 2.64. The SMILES string of the molecule is CNCCCCC(NC(C)(C)C)C(=O)O. The Balaban J connectivity index is 3.90. The Morgan fingerprint density at radius 1 is 1.33 bits per heavy atom. The van der Waals surface area contributed by atoms with E-state index in [1.54, 1.807) is 0 Å². The molecule has 1 unspecified atom stereocenters. The van der Waals surface area contributed by atoms with E-state index in [9.17, 15) is 4.79 Å². The molecule has 0 heterocycles. The van der Waals surface area contributed by atoms with E-state index in [0.717, 1.165) is 19.4 Å². The Labute approximate surface area is 92.4 Å². The van der Waals surface area contributed by atoms with Crippen LogP contribution in [0.3, 0.4) is 0 Å². The van der Waals surface area contributed by atoms with Crippen molar-refractivity contribution in [3.63, 3.8) is 0 Å². The van der Waals surface area contributed by atoms with E-state index < -0.39 is 12.0 Å². The van der Waals surface area contributed by atoms with Crippen molar-refractivity contribution in [2.24, 2.45) is 0 Å². The summed E-state index contributed by atoms with van der Waals surface area (Å²) in [7, 11) is 1.90. The van der Waals surface area contributed by atoms with Gasteiger partial charge in [-0.25, -0.2) is 0 Å². The molecule has 0 aromatic rings. The van der Waals surface area contributed by atoms with Gasteiger partial charge in [-0.3, -0.25) is 10.1 Å². The zero-order valence-electron chi connectivity index (χ0n) is 10.3. The molecular weight excluding hydrogens is 192 g/mol. The number of carboxylic acids is 1. The third-order valence-corrected chi connectivity index (χ3v) is 2.07. The molecule has 90 valence electrons. The van der Waals surface area contributed by atoms with E-state index in [0.29, 0.717) is 6.42 Å². The van der Waals surface area contributed by atoms with Crippen molar-refractivity contribution in [3.05, 3.63) is 0 Å². The summed E-state index contributed by atoms with van der Waals surface area (Å²) in [5, 5.41) is 15.2. The van der Waals surface area contributed by atoms with Crippen LogP contribution in [-0.2, 0) is 4.79 Å². The molecule has 0 fully saturated rings. The quantitative estimate of drug-likeness (QED) is 0.560. The first kappa shape index (κ1) is 14.4. The maximum atomic E-state index is 11.0. The molecule has 0 saturated heterocycles. The third-order valence-electron chi connectivity index (χ3n) is 2.07. The van der Waals surface area contributed by atoms with E-state index in [1.807, 2.05) is 27.8 Å². The van der Waals surface area contributed by atoms with Gasteiger partial charge >= 0.3 is 5.97 Å². The van der Waals surface area contributed by atoms with Gasteiger partial charge in [-0.15, -0.1) is 0 Å². The van der Waals surface area contributed by atoms with E-state index >= 15 is 0 Å². The summed E-state index contributed by atoms with van der Waals surface area (Å²) in [6, 6.07) is -0.429. The molecule has 3 N–H and O–H groups in total. The molecule has 0 bridgehead atoms. The fraction of sp³-hybridized carbons (Fsp3) is 0.909. The van der Waals surface area contributed by atoms with Gasteiger partial charge in [-0.2, -0.15) is 0 Å². The van der Waals surface area contributed by atoms with Gasteiger partial charge in [-0.1, -0.05) is 6.42 Å². The van der Waals surface area contributed by atoms with Gasteiger partial charge < -0.3 is 10.4 Å². The Kier molecular flexibility index (Phi) is 6.52. The minimum atomic E-state index is -0.755. The Morgan fingerprint density at radius 2 is 1.93 bits per heavy atom. The second-order valence-corrected chi connectivity index (χ2v) is 4.88. The van der Waals surface area contributed by atoms with Crippen molar-refractivity contribution in [1.82, 2.24) is 10.6 Å². The first-order valence-corrected chi connectivity index (χ1v) is 5.52. The summed E-state index contributed by atoms with van der Waals surface area (Å²) >= 11 is 0. The van der Waals surface area contributed by atoms with Gasteiger partial charge in [0.2, 0.25) is 0 Å². The molecular formula is C11H24N2O2. The van der Waals surface area contributed by atoms with Crippen LogP contribution in [-0.4, -0.2) is 36.2 Å². The topological polar surface area (TPSA) is 61.4 Å². The molecule has 0 radical (unpaired) electrons. The summed E-state index contributed by atoms with van der Waals surface area (Å²) in [4.78, 5) is 11.0. The molecule has 0 aromatic heterocycles. The van der Waals surface area contributed by atoms with Gasteiger partial charge in [0.15, 0.2) is 0 Å². The molecule has 0 rings (SSSR count). The highest BCUT2D eigenvalue weighted by molar-refractivity contribution is 5.73. The summed E-state index contributed by atoms with van der Waals surface area (Å²) < 4.78 is 0. The van der Waals surface area contributed by atoms with Crippen LogP contribution in [0.15, 0.2) is 0 Å². The van der Waals surface area contributed by atoms with E-state index in [4.69, 9.17) is 5.11 Å². The lowest BCUT2D eigenvalue weighted by atomic mass is 10.0. The van der Waals surface area contributed by atoms with Crippen molar-refractivity contribution < 1.29 is 9.90 Å². The molecule has 0 aliphatic rings. The van der Waals surface area contributed by atoms with Crippen LogP contribution in [0.1, 0.15) is 40.0 Å². The van der Waals surface area contributed by atoms with Crippen molar-refractivity contribution in [2.45, 2.75) is 51.6 Å².